The molecule has 0 saturated heterocycles. The van der Waals surface area contributed by atoms with E-state index in [0.717, 1.165) is 11.3 Å². The molecule has 0 spiro atoms. The van der Waals surface area contributed by atoms with Crippen LogP contribution in [0.2, 0.25) is 0 Å². The largest absolute Gasteiger partial charge is 0.494 e. The van der Waals surface area contributed by atoms with Crippen LogP contribution in [0.1, 0.15) is 42.1 Å². The lowest BCUT2D eigenvalue weighted by atomic mass is 10.1. The van der Waals surface area contributed by atoms with Crippen molar-refractivity contribution >= 4 is 10.0 Å². The van der Waals surface area contributed by atoms with Gasteiger partial charge in [-0.2, -0.15) is 0 Å². The van der Waals surface area contributed by atoms with Gasteiger partial charge in [-0.25, -0.2) is 13.1 Å². The maximum absolute atomic E-state index is 12.4. The summed E-state index contributed by atoms with van der Waals surface area (Å²) in [5.41, 5.74) is 1.45. The molecule has 2 aromatic rings. The van der Waals surface area contributed by atoms with Gasteiger partial charge in [0.2, 0.25) is 10.0 Å². The van der Waals surface area contributed by atoms with Crippen molar-refractivity contribution in [3.8, 4) is 5.75 Å². The fourth-order valence-corrected chi connectivity index (χ4v) is 3.79. The summed E-state index contributed by atoms with van der Waals surface area (Å²) in [4.78, 5) is 0.179. The van der Waals surface area contributed by atoms with Gasteiger partial charge in [-0.1, -0.05) is 0 Å². The molecule has 0 fully saturated rings. The average Bonchev–Trinajstić information content (AvgIpc) is 2.87. The third kappa shape index (κ3) is 4.84. The number of hydrogen-bond acceptors (Lipinski definition) is 5. The minimum atomic E-state index is -3.64. The standard InChI is InChI=1S/C18H25NO5S/c1-5-23-18-7-6-15(10-12(18)2)25(21,22)19-9-8-17(20)16-11-13(3)24-14(16)4/h6-7,10-11,17,19-20H,5,8-9H2,1-4H3/t17-/m0/s1. The van der Waals surface area contributed by atoms with E-state index in [1.54, 1.807) is 39.0 Å². The second kappa shape index (κ2) is 8.03. The van der Waals surface area contributed by atoms with Crippen molar-refractivity contribution in [2.24, 2.45) is 0 Å². The van der Waals surface area contributed by atoms with Gasteiger partial charge in [0.1, 0.15) is 17.3 Å². The van der Waals surface area contributed by atoms with Crippen molar-refractivity contribution < 1.29 is 22.7 Å². The summed E-state index contributed by atoms with van der Waals surface area (Å²) >= 11 is 0. The maximum Gasteiger partial charge on any atom is 0.240 e. The first-order valence-corrected chi connectivity index (χ1v) is 9.71. The molecule has 0 unspecified atom stereocenters. The van der Waals surface area contributed by atoms with Gasteiger partial charge in [-0.3, -0.25) is 0 Å². The van der Waals surface area contributed by atoms with Gasteiger partial charge in [0, 0.05) is 12.1 Å². The molecule has 0 aliphatic carbocycles. The van der Waals surface area contributed by atoms with Crippen molar-refractivity contribution in [3.63, 3.8) is 0 Å². The van der Waals surface area contributed by atoms with Crippen molar-refractivity contribution in [1.29, 1.82) is 0 Å². The van der Waals surface area contributed by atoms with Gasteiger partial charge in [0.05, 0.1) is 17.6 Å². The first-order valence-electron chi connectivity index (χ1n) is 8.22. The van der Waals surface area contributed by atoms with Crippen LogP contribution in [0, 0.1) is 20.8 Å². The van der Waals surface area contributed by atoms with Gasteiger partial charge in [-0.05, 0) is 63.9 Å². The van der Waals surface area contributed by atoms with E-state index in [4.69, 9.17) is 9.15 Å². The molecule has 1 heterocycles. The molecule has 0 amide bonds. The zero-order chi connectivity index (χ0) is 18.6. The highest BCUT2D eigenvalue weighted by molar-refractivity contribution is 7.89. The SMILES string of the molecule is CCOc1ccc(S(=O)(=O)NCC[C@H](O)c2cc(C)oc2C)cc1C. The molecule has 6 nitrogen and oxygen atoms in total. The first kappa shape index (κ1) is 19.5. The van der Waals surface area contributed by atoms with E-state index in [-0.39, 0.29) is 17.9 Å². The predicted molar refractivity (Wildman–Crippen MR) is 95.3 cm³/mol. The molecule has 1 aromatic carbocycles. The number of aryl methyl sites for hydroxylation is 3. The van der Waals surface area contributed by atoms with Crippen LogP contribution < -0.4 is 9.46 Å². The topological polar surface area (TPSA) is 88.8 Å². The van der Waals surface area contributed by atoms with Crippen molar-refractivity contribution in [1.82, 2.24) is 4.72 Å². The number of furan rings is 1. The van der Waals surface area contributed by atoms with E-state index in [1.165, 1.54) is 6.07 Å². The molecular formula is C18H25NO5S. The third-order valence-corrected chi connectivity index (χ3v) is 5.36. The number of benzene rings is 1. The molecule has 25 heavy (non-hydrogen) atoms. The van der Waals surface area contributed by atoms with Crippen LogP contribution in [0.5, 0.6) is 5.75 Å². The summed E-state index contributed by atoms with van der Waals surface area (Å²) < 4.78 is 38.1. The second-order valence-electron chi connectivity index (χ2n) is 5.93. The summed E-state index contributed by atoms with van der Waals surface area (Å²) in [6, 6.07) is 6.51. The third-order valence-electron chi connectivity index (χ3n) is 3.90. The summed E-state index contributed by atoms with van der Waals surface area (Å²) in [6.07, 6.45) is -0.517. The highest BCUT2D eigenvalue weighted by Gasteiger charge is 2.18. The van der Waals surface area contributed by atoms with Crippen molar-refractivity contribution in [3.05, 3.63) is 46.9 Å². The Morgan fingerprint density at radius 1 is 1.24 bits per heavy atom. The number of nitrogens with one attached hydrogen (secondary N) is 1. The predicted octanol–water partition coefficient (Wildman–Crippen LogP) is 3.01. The molecule has 2 rings (SSSR count). The number of sulfonamides is 1. The van der Waals surface area contributed by atoms with Crippen LogP contribution >= 0.6 is 0 Å². The van der Waals surface area contributed by atoms with Crippen LogP contribution in [0.15, 0.2) is 33.6 Å². The van der Waals surface area contributed by atoms with Gasteiger partial charge >= 0.3 is 0 Å². The fraction of sp³-hybridized carbons (Fsp3) is 0.444. The minimum Gasteiger partial charge on any atom is -0.494 e. The van der Waals surface area contributed by atoms with Crippen LogP contribution in [-0.2, 0) is 10.0 Å². The van der Waals surface area contributed by atoms with Crippen LogP contribution in [-0.4, -0.2) is 26.7 Å². The molecule has 0 aliphatic heterocycles. The minimum absolute atomic E-state index is 0.124. The smallest absolute Gasteiger partial charge is 0.240 e. The number of rotatable bonds is 8. The van der Waals surface area contributed by atoms with Gasteiger partial charge in [0.15, 0.2) is 0 Å². The Bertz CT molecular complexity index is 826. The number of aliphatic hydroxyl groups excluding tert-OH is 1. The monoisotopic (exact) mass is 367 g/mol. The summed E-state index contributed by atoms with van der Waals surface area (Å²) in [5.74, 6) is 2.04. The Balaban J connectivity index is 1.99. The first-order chi connectivity index (χ1) is 11.7. The molecule has 2 N–H and O–H groups in total. The summed E-state index contributed by atoms with van der Waals surface area (Å²) in [6.45, 7) is 7.91. The van der Waals surface area contributed by atoms with Gasteiger partial charge in [-0.15, -0.1) is 0 Å². The Labute approximate surface area is 148 Å². The van der Waals surface area contributed by atoms with Crippen LogP contribution in [0.3, 0.4) is 0 Å². The molecule has 0 bridgehead atoms. The molecule has 7 heteroatoms. The summed E-state index contributed by atoms with van der Waals surface area (Å²) in [5, 5.41) is 10.2. The van der Waals surface area contributed by atoms with Crippen LogP contribution in [0.4, 0.5) is 0 Å². The van der Waals surface area contributed by atoms with Crippen LogP contribution in [0.25, 0.3) is 0 Å². The number of aliphatic hydroxyl groups is 1. The quantitative estimate of drug-likeness (QED) is 0.749. The Kier molecular flexibility index (Phi) is 6.26. The Morgan fingerprint density at radius 2 is 1.96 bits per heavy atom. The second-order valence-corrected chi connectivity index (χ2v) is 7.70. The van der Waals surface area contributed by atoms with E-state index in [9.17, 15) is 13.5 Å². The molecule has 138 valence electrons. The number of ether oxygens (including phenoxy) is 1. The average molecular weight is 367 g/mol. The lowest BCUT2D eigenvalue weighted by Gasteiger charge is -2.12. The van der Waals surface area contributed by atoms with E-state index < -0.39 is 16.1 Å². The zero-order valence-electron chi connectivity index (χ0n) is 15.0. The molecule has 0 aliphatic rings. The highest BCUT2D eigenvalue weighted by Crippen LogP contribution is 2.24. The van der Waals surface area contributed by atoms with Crippen molar-refractivity contribution in [2.45, 2.75) is 45.1 Å². The lowest BCUT2D eigenvalue weighted by Crippen LogP contribution is -2.26. The molecular weight excluding hydrogens is 342 g/mol. The van der Waals surface area contributed by atoms with Gasteiger partial charge < -0.3 is 14.3 Å². The molecule has 0 saturated carbocycles. The Hall–Kier alpha value is -1.83. The zero-order valence-corrected chi connectivity index (χ0v) is 15.8. The highest BCUT2D eigenvalue weighted by atomic mass is 32.2. The van der Waals surface area contributed by atoms with Gasteiger partial charge in [0.25, 0.3) is 0 Å². The lowest BCUT2D eigenvalue weighted by molar-refractivity contribution is 0.167. The van der Waals surface area contributed by atoms with E-state index in [1.807, 2.05) is 6.92 Å². The molecule has 0 radical (unpaired) electrons. The molecule has 1 aromatic heterocycles. The van der Waals surface area contributed by atoms with E-state index >= 15 is 0 Å². The Morgan fingerprint density at radius 3 is 2.52 bits per heavy atom. The maximum atomic E-state index is 12.4. The normalized spacial score (nSPS) is 13.0. The number of hydrogen-bond donors (Lipinski definition) is 2. The van der Waals surface area contributed by atoms with E-state index in [2.05, 4.69) is 4.72 Å². The fourth-order valence-electron chi connectivity index (χ4n) is 2.66. The summed E-state index contributed by atoms with van der Waals surface area (Å²) in [7, 11) is -3.64. The van der Waals surface area contributed by atoms with E-state index in [0.29, 0.717) is 23.7 Å². The molecule has 1 atom stereocenters. The van der Waals surface area contributed by atoms with Crippen molar-refractivity contribution in [2.75, 3.05) is 13.2 Å².